The maximum Gasteiger partial charge on any atom is 0.0656 e. The lowest BCUT2D eigenvalue weighted by molar-refractivity contribution is 0.369. The van der Waals surface area contributed by atoms with Crippen molar-refractivity contribution in [3.8, 4) is 0 Å². The highest BCUT2D eigenvalue weighted by Gasteiger charge is 2.26. The van der Waals surface area contributed by atoms with Crippen LogP contribution in [0.1, 0.15) is 50.6 Å². The van der Waals surface area contributed by atoms with Crippen molar-refractivity contribution in [1.29, 1.82) is 0 Å². The van der Waals surface area contributed by atoms with Crippen molar-refractivity contribution in [1.82, 2.24) is 5.32 Å². The van der Waals surface area contributed by atoms with E-state index in [1.54, 1.807) is 0 Å². The highest BCUT2D eigenvalue weighted by molar-refractivity contribution is 14.1. The van der Waals surface area contributed by atoms with Crippen LogP contribution >= 0.6 is 33.9 Å². The molecule has 1 aromatic rings. The minimum absolute atomic E-state index is 0.613. The fourth-order valence-electron chi connectivity index (χ4n) is 2.63. The maximum atomic E-state index is 3.74. The number of rotatable bonds is 5. The Kier molecular flexibility index (Phi) is 5.10. The van der Waals surface area contributed by atoms with Crippen LogP contribution in [0.4, 0.5) is 0 Å². The summed E-state index contributed by atoms with van der Waals surface area (Å²) >= 11 is 4.30. The van der Waals surface area contributed by atoms with E-state index < -0.39 is 0 Å². The first-order valence-corrected chi connectivity index (χ1v) is 8.24. The molecule has 1 saturated carbocycles. The average molecular weight is 349 g/mol. The Hall–Kier alpha value is 0.390. The largest absolute Gasteiger partial charge is 0.310 e. The fourth-order valence-corrected chi connectivity index (χ4v) is 4.04. The number of hydrogen-bond acceptors (Lipinski definition) is 2. The molecule has 16 heavy (non-hydrogen) atoms. The van der Waals surface area contributed by atoms with Crippen molar-refractivity contribution < 1.29 is 0 Å². The van der Waals surface area contributed by atoms with Crippen molar-refractivity contribution in [2.75, 3.05) is 6.54 Å². The summed E-state index contributed by atoms with van der Waals surface area (Å²) in [6.45, 7) is 3.39. The zero-order chi connectivity index (χ0) is 11.4. The Labute approximate surface area is 116 Å². The van der Waals surface area contributed by atoms with E-state index in [9.17, 15) is 0 Å². The lowest BCUT2D eigenvalue weighted by atomic mass is 9.93. The van der Waals surface area contributed by atoms with E-state index in [1.165, 1.54) is 40.6 Å². The molecule has 0 radical (unpaired) electrons. The zero-order valence-corrected chi connectivity index (χ0v) is 12.8. The lowest BCUT2D eigenvalue weighted by Crippen LogP contribution is -2.27. The average Bonchev–Trinajstić information content (AvgIpc) is 2.91. The van der Waals surface area contributed by atoms with Crippen molar-refractivity contribution in [2.24, 2.45) is 5.92 Å². The van der Waals surface area contributed by atoms with Gasteiger partial charge < -0.3 is 5.32 Å². The summed E-state index contributed by atoms with van der Waals surface area (Å²) in [7, 11) is 0. The molecule has 1 aliphatic rings. The molecule has 0 aromatic carbocycles. The van der Waals surface area contributed by atoms with Crippen molar-refractivity contribution >= 4 is 33.9 Å². The molecule has 3 heteroatoms. The first kappa shape index (κ1) is 12.8. The topological polar surface area (TPSA) is 12.0 Å². The van der Waals surface area contributed by atoms with Gasteiger partial charge in [0, 0.05) is 6.04 Å². The van der Waals surface area contributed by atoms with Gasteiger partial charge in [-0.1, -0.05) is 19.8 Å². The summed E-state index contributed by atoms with van der Waals surface area (Å²) in [4.78, 5) is 0. The number of thiophene rings is 1. The van der Waals surface area contributed by atoms with Crippen LogP contribution in [0.15, 0.2) is 11.4 Å². The molecule has 1 atom stereocenters. The number of hydrogen-bond donors (Lipinski definition) is 1. The van der Waals surface area contributed by atoms with Gasteiger partial charge in [-0.3, -0.25) is 0 Å². The smallest absolute Gasteiger partial charge is 0.0656 e. The zero-order valence-electron chi connectivity index (χ0n) is 9.84. The van der Waals surface area contributed by atoms with Crippen molar-refractivity contribution in [2.45, 2.75) is 45.1 Å². The third-order valence-electron chi connectivity index (χ3n) is 3.43. The van der Waals surface area contributed by atoms with Crippen LogP contribution in [0, 0.1) is 8.80 Å². The van der Waals surface area contributed by atoms with Gasteiger partial charge in [0.15, 0.2) is 0 Å². The Balaban J connectivity index is 2.06. The van der Waals surface area contributed by atoms with E-state index >= 15 is 0 Å². The van der Waals surface area contributed by atoms with Gasteiger partial charge in [-0.25, -0.2) is 0 Å². The standard InChI is InChI=1S/C13H20INS/c1-2-7-15-13(10-5-3-4-6-10)11-8-12(14)16-9-11/h8-10,13,15H,2-7H2,1H3. The van der Waals surface area contributed by atoms with Crippen molar-refractivity contribution in [3.63, 3.8) is 0 Å². The van der Waals surface area contributed by atoms with Gasteiger partial charge in [0.1, 0.15) is 0 Å². The molecule has 0 spiro atoms. The first-order valence-electron chi connectivity index (χ1n) is 6.28. The van der Waals surface area contributed by atoms with Gasteiger partial charge in [-0.2, -0.15) is 0 Å². The molecule has 2 rings (SSSR count). The Morgan fingerprint density at radius 1 is 1.50 bits per heavy atom. The van der Waals surface area contributed by atoms with Gasteiger partial charge in [0.2, 0.25) is 0 Å². The van der Waals surface area contributed by atoms with E-state index in [2.05, 4.69) is 46.3 Å². The molecule has 0 aliphatic heterocycles. The van der Waals surface area contributed by atoms with E-state index in [0.717, 1.165) is 12.5 Å². The van der Waals surface area contributed by atoms with Crippen LogP contribution in [0.25, 0.3) is 0 Å². The Morgan fingerprint density at radius 2 is 2.25 bits per heavy atom. The number of halogens is 1. The van der Waals surface area contributed by atoms with E-state index in [0.29, 0.717) is 6.04 Å². The summed E-state index contributed by atoms with van der Waals surface area (Å²) in [5.74, 6) is 0.872. The molecule has 1 aliphatic carbocycles. The second-order valence-corrected chi connectivity index (χ2v) is 7.47. The first-order chi connectivity index (χ1) is 7.81. The van der Waals surface area contributed by atoms with Crippen molar-refractivity contribution in [3.05, 3.63) is 19.9 Å². The van der Waals surface area contributed by atoms with E-state index in [-0.39, 0.29) is 0 Å². The molecule has 1 nitrogen and oxygen atoms in total. The highest BCUT2D eigenvalue weighted by atomic mass is 127. The summed E-state index contributed by atoms with van der Waals surface area (Å²) < 4.78 is 1.41. The maximum absolute atomic E-state index is 3.74. The molecule has 0 saturated heterocycles. The molecule has 1 fully saturated rings. The minimum Gasteiger partial charge on any atom is -0.310 e. The molecule has 0 amide bonds. The normalized spacial score (nSPS) is 19.1. The van der Waals surface area contributed by atoms with Gasteiger partial charge in [-0.05, 0) is 71.3 Å². The third-order valence-corrected chi connectivity index (χ3v) is 5.24. The molecule has 1 heterocycles. The molecule has 1 unspecified atom stereocenters. The molecule has 1 N–H and O–H groups in total. The summed E-state index contributed by atoms with van der Waals surface area (Å²) in [5.41, 5.74) is 1.52. The summed E-state index contributed by atoms with van der Waals surface area (Å²) in [6, 6.07) is 2.97. The van der Waals surface area contributed by atoms with E-state index in [1.807, 2.05) is 11.3 Å². The summed E-state index contributed by atoms with van der Waals surface area (Å²) in [5, 5.41) is 6.08. The molecule has 90 valence electrons. The SMILES string of the molecule is CCCNC(c1csc(I)c1)C1CCCC1. The predicted molar refractivity (Wildman–Crippen MR) is 80.0 cm³/mol. The predicted octanol–water partition coefficient (Wildman–Crippen LogP) is 4.58. The quantitative estimate of drug-likeness (QED) is 0.767. The van der Waals surface area contributed by atoms with Crippen LogP contribution in [-0.2, 0) is 0 Å². The van der Waals surface area contributed by atoms with Crippen LogP contribution in [0.5, 0.6) is 0 Å². The lowest BCUT2D eigenvalue weighted by Gasteiger charge is -2.24. The molecular formula is C13H20INS. The summed E-state index contributed by atoms with van der Waals surface area (Å²) in [6.07, 6.45) is 6.90. The second kappa shape index (κ2) is 6.36. The third kappa shape index (κ3) is 3.20. The molecular weight excluding hydrogens is 329 g/mol. The van der Waals surface area contributed by atoms with Gasteiger partial charge >= 0.3 is 0 Å². The highest BCUT2D eigenvalue weighted by Crippen LogP contribution is 2.37. The van der Waals surface area contributed by atoms with Crippen LogP contribution in [0.3, 0.4) is 0 Å². The minimum atomic E-state index is 0.613. The van der Waals surface area contributed by atoms with Gasteiger partial charge in [0.05, 0.1) is 2.88 Å². The van der Waals surface area contributed by atoms with Gasteiger partial charge in [-0.15, -0.1) is 11.3 Å². The fraction of sp³-hybridized carbons (Fsp3) is 0.692. The van der Waals surface area contributed by atoms with Crippen LogP contribution in [0.2, 0.25) is 0 Å². The van der Waals surface area contributed by atoms with Gasteiger partial charge in [0.25, 0.3) is 0 Å². The second-order valence-electron chi connectivity index (χ2n) is 4.66. The monoisotopic (exact) mass is 349 g/mol. The molecule has 0 bridgehead atoms. The van der Waals surface area contributed by atoms with Crippen LogP contribution < -0.4 is 5.32 Å². The number of nitrogens with one attached hydrogen (secondary N) is 1. The Morgan fingerprint density at radius 3 is 2.81 bits per heavy atom. The molecule has 1 aromatic heterocycles. The van der Waals surface area contributed by atoms with Crippen LogP contribution in [-0.4, -0.2) is 6.54 Å². The van der Waals surface area contributed by atoms with E-state index in [4.69, 9.17) is 0 Å². The Bertz CT molecular complexity index is 317.